The van der Waals surface area contributed by atoms with Crippen molar-refractivity contribution in [3.05, 3.63) is 53.1 Å². The normalized spacial score (nSPS) is 15.9. The van der Waals surface area contributed by atoms with Crippen LogP contribution in [-0.2, 0) is 31.0 Å². The third kappa shape index (κ3) is 6.21. The van der Waals surface area contributed by atoms with Gasteiger partial charge in [-0.2, -0.15) is 0 Å². The van der Waals surface area contributed by atoms with Crippen LogP contribution >= 0.6 is 19.4 Å². The van der Waals surface area contributed by atoms with Crippen molar-refractivity contribution < 1.29 is 32.7 Å². The Bertz CT molecular complexity index is 1080. The number of Topliss-reactive ketones (excluding diaryl/α,β-unsaturated/α-hetero) is 1. The lowest BCUT2D eigenvalue weighted by Crippen LogP contribution is -2.27. The standard InChI is InChI=1S/C24H30NO7PS/c1-5-31-33(28,32-6-2)14-16-9-7-8-10-19(16)25-24(27)23-12-17-11-21(29-3)22(30-4)13-18(17)20(26)15-34-23/h7-11,13,23H,5-6,12,14-15H2,1-4H3,(H,25,27). The number of nitrogens with one attached hydrogen (secondary N) is 1. The Morgan fingerprint density at radius 2 is 1.74 bits per heavy atom. The SMILES string of the molecule is CCOP(=O)(Cc1ccccc1NC(=O)C1Cc2cc(OC)c(OC)cc2C(=O)CS1)OCC. The van der Waals surface area contributed by atoms with E-state index in [4.69, 9.17) is 18.5 Å². The number of carbonyl (C=O) groups is 2. The zero-order valence-electron chi connectivity index (χ0n) is 19.8. The van der Waals surface area contributed by atoms with Crippen molar-refractivity contribution >= 4 is 36.7 Å². The number of amides is 1. The molecule has 0 fully saturated rings. The Morgan fingerprint density at radius 1 is 1.09 bits per heavy atom. The molecule has 1 unspecified atom stereocenters. The van der Waals surface area contributed by atoms with Gasteiger partial charge in [0.2, 0.25) is 5.91 Å². The number of anilines is 1. The molecular formula is C24H30NO7PS. The van der Waals surface area contributed by atoms with E-state index in [1.165, 1.54) is 26.0 Å². The Kier molecular flexibility index (Phi) is 9.19. The summed E-state index contributed by atoms with van der Waals surface area (Å²) in [6, 6.07) is 10.6. The summed E-state index contributed by atoms with van der Waals surface area (Å²) in [5, 5.41) is 2.45. The van der Waals surface area contributed by atoms with Gasteiger partial charge in [0.05, 0.1) is 44.6 Å². The minimum atomic E-state index is -3.35. The summed E-state index contributed by atoms with van der Waals surface area (Å²) in [6.07, 6.45) is 0.401. The van der Waals surface area contributed by atoms with E-state index in [0.717, 1.165) is 5.56 Å². The van der Waals surface area contributed by atoms with Gasteiger partial charge in [0.1, 0.15) is 0 Å². The predicted octanol–water partition coefficient (Wildman–Crippen LogP) is 4.95. The van der Waals surface area contributed by atoms with Crippen molar-refractivity contribution in [2.24, 2.45) is 0 Å². The average molecular weight is 508 g/mol. The number of fused-ring (bicyclic) bond motifs is 1. The van der Waals surface area contributed by atoms with Crippen molar-refractivity contribution in [2.45, 2.75) is 31.7 Å². The molecule has 8 nitrogen and oxygen atoms in total. The van der Waals surface area contributed by atoms with E-state index in [0.29, 0.717) is 34.7 Å². The fourth-order valence-electron chi connectivity index (χ4n) is 3.75. The largest absolute Gasteiger partial charge is 0.493 e. The van der Waals surface area contributed by atoms with Crippen molar-refractivity contribution in [2.75, 3.05) is 38.5 Å². The maximum Gasteiger partial charge on any atom is 0.335 e. The van der Waals surface area contributed by atoms with Gasteiger partial charge in [-0.25, -0.2) is 0 Å². The molecule has 0 spiro atoms. The van der Waals surface area contributed by atoms with E-state index in [1.54, 1.807) is 44.2 Å². The number of carbonyl (C=O) groups excluding carboxylic acids is 2. The van der Waals surface area contributed by atoms with Crippen LogP contribution in [0.25, 0.3) is 0 Å². The molecule has 0 radical (unpaired) electrons. The molecule has 3 rings (SSSR count). The number of ketones is 1. The van der Waals surface area contributed by atoms with E-state index in [-0.39, 0.29) is 36.8 Å². The molecule has 1 aliphatic heterocycles. The summed E-state index contributed by atoms with van der Waals surface area (Å²) < 4.78 is 34.6. The van der Waals surface area contributed by atoms with Crippen LogP contribution in [0.4, 0.5) is 5.69 Å². The number of hydrogen-bond acceptors (Lipinski definition) is 8. The molecule has 1 N–H and O–H groups in total. The van der Waals surface area contributed by atoms with Crippen LogP contribution in [0.3, 0.4) is 0 Å². The Balaban J connectivity index is 1.83. The van der Waals surface area contributed by atoms with Crippen LogP contribution in [0.15, 0.2) is 36.4 Å². The molecule has 0 saturated heterocycles. The zero-order chi connectivity index (χ0) is 24.7. The first-order valence-electron chi connectivity index (χ1n) is 11.0. The van der Waals surface area contributed by atoms with E-state index in [9.17, 15) is 14.2 Å². The number of benzene rings is 2. The van der Waals surface area contributed by atoms with Crippen LogP contribution in [0.5, 0.6) is 11.5 Å². The molecule has 0 aromatic heterocycles. The minimum absolute atomic E-state index is 0.0429. The molecule has 2 aromatic carbocycles. The van der Waals surface area contributed by atoms with Crippen molar-refractivity contribution in [1.29, 1.82) is 0 Å². The van der Waals surface area contributed by atoms with Crippen molar-refractivity contribution in [1.82, 2.24) is 0 Å². The van der Waals surface area contributed by atoms with E-state index in [2.05, 4.69) is 5.32 Å². The van der Waals surface area contributed by atoms with E-state index < -0.39 is 12.8 Å². The van der Waals surface area contributed by atoms with Crippen molar-refractivity contribution in [3.8, 4) is 11.5 Å². The summed E-state index contributed by atoms with van der Waals surface area (Å²) >= 11 is 1.29. The number of hydrogen-bond donors (Lipinski definition) is 1. The van der Waals surface area contributed by atoms with Crippen LogP contribution < -0.4 is 14.8 Å². The van der Waals surface area contributed by atoms with Crippen LogP contribution in [0, 0.1) is 0 Å². The molecule has 34 heavy (non-hydrogen) atoms. The van der Waals surface area contributed by atoms with Crippen LogP contribution in [0.1, 0.15) is 35.3 Å². The highest BCUT2D eigenvalue weighted by Crippen LogP contribution is 2.52. The molecule has 1 heterocycles. The summed E-state index contributed by atoms with van der Waals surface area (Å²) in [6.45, 7) is 4.02. The van der Waals surface area contributed by atoms with Crippen LogP contribution in [-0.4, -0.2) is 50.1 Å². The Hall–Kier alpha value is -2.32. The molecule has 1 amide bonds. The fraction of sp³-hybridized carbons (Fsp3) is 0.417. The molecule has 0 bridgehead atoms. The minimum Gasteiger partial charge on any atom is -0.493 e. The molecule has 1 aliphatic rings. The fourth-order valence-corrected chi connectivity index (χ4v) is 6.51. The van der Waals surface area contributed by atoms with Gasteiger partial charge in [0.25, 0.3) is 0 Å². The number of thioether (sulfide) groups is 1. The number of ether oxygens (including phenoxy) is 2. The van der Waals surface area contributed by atoms with E-state index in [1.807, 2.05) is 6.07 Å². The van der Waals surface area contributed by atoms with Gasteiger partial charge in [0.15, 0.2) is 17.3 Å². The second kappa shape index (κ2) is 11.9. The second-order valence-electron chi connectivity index (χ2n) is 7.54. The number of methoxy groups -OCH3 is 2. The van der Waals surface area contributed by atoms with Gasteiger partial charge in [-0.05, 0) is 49.6 Å². The topological polar surface area (TPSA) is 100 Å². The summed E-state index contributed by atoms with van der Waals surface area (Å²) in [5.41, 5.74) is 2.46. The molecule has 0 aliphatic carbocycles. The summed E-state index contributed by atoms with van der Waals surface area (Å²) in [7, 11) is -0.299. The number of para-hydroxylation sites is 1. The van der Waals surface area contributed by atoms with Gasteiger partial charge < -0.3 is 23.8 Å². The quantitative estimate of drug-likeness (QED) is 0.451. The average Bonchev–Trinajstić information content (AvgIpc) is 2.98. The first-order valence-corrected chi connectivity index (χ1v) is 13.8. The summed E-state index contributed by atoms with van der Waals surface area (Å²) in [5.74, 6) is 0.852. The lowest BCUT2D eigenvalue weighted by Gasteiger charge is -2.20. The van der Waals surface area contributed by atoms with Gasteiger partial charge >= 0.3 is 7.60 Å². The molecule has 0 saturated carbocycles. The predicted molar refractivity (Wildman–Crippen MR) is 133 cm³/mol. The number of rotatable bonds is 10. The third-order valence-corrected chi connectivity index (χ3v) is 8.56. The highest BCUT2D eigenvalue weighted by molar-refractivity contribution is 8.01. The van der Waals surface area contributed by atoms with E-state index >= 15 is 0 Å². The lowest BCUT2D eigenvalue weighted by atomic mass is 9.99. The van der Waals surface area contributed by atoms with Crippen molar-refractivity contribution in [3.63, 3.8) is 0 Å². The Labute approximate surface area is 204 Å². The molecular weight excluding hydrogens is 477 g/mol. The smallest absolute Gasteiger partial charge is 0.335 e. The molecule has 1 atom stereocenters. The molecule has 2 aromatic rings. The zero-order valence-corrected chi connectivity index (χ0v) is 21.5. The molecule has 184 valence electrons. The summed E-state index contributed by atoms with van der Waals surface area (Å²) in [4.78, 5) is 26.0. The van der Waals surface area contributed by atoms with Gasteiger partial charge in [0, 0.05) is 11.3 Å². The maximum atomic E-state index is 13.3. The second-order valence-corrected chi connectivity index (χ2v) is 10.8. The van der Waals surface area contributed by atoms with Gasteiger partial charge in [-0.3, -0.25) is 14.2 Å². The maximum absolute atomic E-state index is 13.3. The van der Waals surface area contributed by atoms with Crippen LogP contribution in [0.2, 0.25) is 0 Å². The highest BCUT2D eigenvalue weighted by atomic mass is 32.2. The van der Waals surface area contributed by atoms with Gasteiger partial charge in [-0.1, -0.05) is 18.2 Å². The highest BCUT2D eigenvalue weighted by Gasteiger charge is 2.30. The first-order chi connectivity index (χ1) is 16.3. The third-order valence-electron chi connectivity index (χ3n) is 5.31. The lowest BCUT2D eigenvalue weighted by molar-refractivity contribution is -0.115. The monoisotopic (exact) mass is 507 g/mol. The van der Waals surface area contributed by atoms with Gasteiger partial charge in [-0.15, -0.1) is 11.8 Å². The Morgan fingerprint density at radius 3 is 2.38 bits per heavy atom. The first kappa shape index (κ1) is 26.3. The molecule has 10 heteroatoms.